The van der Waals surface area contributed by atoms with Gasteiger partial charge in [0.2, 0.25) is 0 Å². The van der Waals surface area contributed by atoms with E-state index >= 15 is 0 Å². The first-order valence-electron chi connectivity index (χ1n) is 6.94. The highest BCUT2D eigenvalue weighted by Gasteiger charge is 2.47. The van der Waals surface area contributed by atoms with E-state index in [0.29, 0.717) is 5.82 Å². The molecule has 1 aliphatic rings. The summed E-state index contributed by atoms with van der Waals surface area (Å²) in [6, 6.07) is 0. The van der Waals surface area contributed by atoms with Crippen LogP contribution in [0, 0.1) is 17.0 Å². The number of hydrogen-bond donors (Lipinski definition) is 4. The molecule has 1 aromatic heterocycles. The first-order valence-corrected chi connectivity index (χ1v) is 6.94. The topological polar surface area (TPSA) is 177 Å². The number of aliphatic hydroxyl groups is 3. The number of aliphatic carboxylic acids is 1. The lowest BCUT2D eigenvalue weighted by atomic mass is 9.99. The van der Waals surface area contributed by atoms with Gasteiger partial charge in [0, 0.05) is 6.92 Å². The quantitative estimate of drug-likeness (QED) is 0.332. The Bertz CT molecular complexity index is 619. The van der Waals surface area contributed by atoms with E-state index in [4.69, 9.17) is 14.6 Å². The van der Waals surface area contributed by atoms with Crippen molar-refractivity contribution in [1.29, 1.82) is 0 Å². The van der Waals surface area contributed by atoms with Gasteiger partial charge in [0.15, 0.2) is 18.2 Å². The van der Waals surface area contributed by atoms with Gasteiger partial charge in [-0.1, -0.05) is 0 Å². The third-order valence-electron chi connectivity index (χ3n) is 3.63. The molecule has 0 spiro atoms. The SMILES string of the molecule is Cc1ncc([N+](=O)[O-])n1CCOC1OC(C(=O)O)C(O)C(O)C1O. The van der Waals surface area contributed by atoms with Crippen LogP contribution in [-0.4, -0.2) is 78.2 Å². The van der Waals surface area contributed by atoms with Gasteiger partial charge in [0.25, 0.3) is 0 Å². The Morgan fingerprint density at radius 1 is 1.42 bits per heavy atom. The van der Waals surface area contributed by atoms with Crippen molar-refractivity contribution < 1.29 is 39.6 Å². The van der Waals surface area contributed by atoms with Crippen LogP contribution in [-0.2, 0) is 20.8 Å². The molecule has 2 heterocycles. The molecule has 2 rings (SSSR count). The number of imidazole rings is 1. The molecule has 0 saturated carbocycles. The Kier molecular flexibility index (Phi) is 5.46. The van der Waals surface area contributed by atoms with Crippen LogP contribution >= 0.6 is 0 Å². The second-order valence-electron chi connectivity index (χ2n) is 5.18. The number of nitro groups is 1. The summed E-state index contributed by atoms with van der Waals surface area (Å²) in [6.07, 6.45) is -7.44. The van der Waals surface area contributed by atoms with Gasteiger partial charge >= 0.3 is 11.8 Å². The minimum atomic E-state index is -1.81. The fourth-order valence-corrected chi connectivity index (χ4v) is 2.33. The zero-order valence-electron chi connectivity index (χ0n) is 12.6. The number of carbonyl (C=O) groups is 1. The lowest BCUT2D eigenvalue weighted by Gasteiger charge is -2.38. The van der Waals surface area contributed by atoms with E-state index in [2.05, 4.69) is 4.98 Å². The lowest BCUT2D eigenvalue weighted by Crippen LogP contribution is -2.60. The Morgan fingerprint density at radius 2 is 2.08 bits per heavy atom. The number of rotatable bonds is 6. The average molecular weight is 347 g/mol. The van der Waals surface area contributed by atoms with Gasteiger partial charge in [-0.05, 0) is 4.92 Å². The van der Waals surface area contributed by atoms with Gasteiger partial charge < -0.3 is 40.0 Å². The number of ether oxygens (including phenoxy) is 2. The van der Waals surface area contributed by atoms with Gasteiger partial charge in [-0.25, -0.2) is 14.3 Å². The summed E-state index contributed by atoms with van der Waals surface area (Å²) < 4.78 is 11.4. The summed E-state index contributed by atoms with van der Waals surface area (Å²) in [7, 11) is 0. The summed E-state index contributed by atoms with van der Waals surface area (Å²) in [5.74, 6) is -1.41. The monoisotopic (exact) mass is 347 g/mol. The number of aliphatic hydroxyl groups excluding tert-OH is 3. The average Bonchev–Trinajstić information content (AvgIpc) is 2.88. The molecule has 1 fully saturated rings. The van der Waals surface area contributed by atoms with Crippen molar-refractivity contribution in [3.8, 4) is 0 Å². The van der Waals surface area contributed by atoms with Crippen molar-refractivity contribution in [1.82, 2.24) is 9.55 Å². The largest absolute Gasteiger partial charge is 0.479 e. The summed E-state index contributed by atoms with van der Waals surface area (Å²) in [6.45, 7) is 1.36. The number of hydrogen-bond acceptors (Lipinski definition) is 9. The smallest absolute Gasteiger partial charge is 0.342 e. The summed E-state index contributed by atoms with van der Waals surface area (Å²) >= 11 is 0. The molecule has 0 aliphatic carbocycles. The third-order valence-corrected chi connectivity index (χ3v) is 3.63. The first-order chi connectivity index (χ1) is 11.2. The minimum absolute atomic E-state index is 0.00882. The zero-order valence-corrected chi connectivity index (χ0v) is 12.6. The van der Waals surface area contributed by atoms with E-state index in [-0.39, 0.29) is 19.0 Å². The molecule has 0 bridgehead atoms. The van der Waals surface area contributed by atoms with Crippen LogP contribution in [0.4, 0.5) is 5.82 Å². The molecule has 12 heteroatoms. The van der Waals surface area contributed by atoms with E-state index in [1.54, 1.807) is 6.92 Å². The van der Waals surface area contributed by atoms with Gasteiger partial charge in [-0.3, -0.25) is 0 Å². The van der Waals surface area contributed by atoms with Crippen molar-refractivity contribution in [3.63, 3.8) is 0 Å². The Labute approximate surface area is 135 Å². The number of carboxylic acid groups (broad SMARTS) is 1. The van der Waals surface area contributed by atoms with Gasteiger partial charge in [-0.15, -0.1) is 0 Å². The molecule has 1 saturated heterocycles. The van der Waals surface area contributed by atoms with Crippen molar-refractivity contribution in [2.45, 2.75) is 44.2 Å². The fourth-order valence-electron chi connectivity index (χ4n) is 2.33. The van der Waals surface area contributed by atoms with Crippen molar-refractivity contribution in [2.75, 3.05) is 6.61 Å². The summed E-state index contributed by atoms with van der Waals surface area (Å²) in [4.78, 5) is 25.0. The van der Waals surface area contributed by atoms with E-state index < -0.39 is 41.6 Å². The summed E-state index contributed by atoms with van der Waals surface area (Å²) in [5, 5.41) is 48.8. The van der Waals surface area contributed by atoms with Crippen LogP contribution in [0.15, 0.2) is 6.20 Å². The normalized spacial score (nSPS) is 30.2. The van der Waals surface area contributed by atoms with E-state index in [1.807, 2.05) is 0 Å². The Balaban J connectivity index is 2.00. The highest BCUT2D eigenvalue weighted by Crippen LogP contribution is 2.22. The molecule has 134 valence electrons. The second kappa shape index (κ2) is 7.19. The Morgan fingerprint density at radius 3 is 2.67 bits per heavy atom. The standard InChI is InChI=1S/C12H17N3O9/c1-5-13-4-6(15(21)22)14(5)2-3-23-12-9(18)7(16)8(17)10(24-12)11(19)20/h4,7-10,12,16-18H,2-3H2,1H3,(H,19,20). The fraction of sp³-hybridized carbons (Fsp3) is 0.667. The number of aromatic nitrogens is 2. The predicted molar refractivity (Wildman–Crippen MR) is 73.9 cm³/mol. The maximum Gasteiger partial charge on any atom is 0.342 e. The molecule has 0 amide bonds. The van der Waals surface area contributed by atoms with Crippen molar-refractivity contribution in [2.24, 2.45) is 0 Å². The number of aryl methyl sites for hydroxylation is 1. The van der Waals surface area contributed by atoms with Gasteiger partial charge in [-0.2, -0.15) is 0 Å². The highest BCUT2D eigenvalue weighted by atomic mass is 16.7. The molecular weight excluding hydrogens is 330 g/mol. The molecule has 4 N–H and O–H groups in total. The van der Waals surface area contributed by atoms with Gasteiger partial charge in [0.1, 0.15) is 31.1 Å². The third kappa shape index (κ3) is 3.52. The van der Waals surface area contributed by atoms with Crippen LogP contribution in [0.2, 0.25) is 0 Å². The maximum absolute atomic E-state index is 11.0. The lowest BCUT2D eigenvalue weighted by molar-refractivity contribution is -0.392. The summed E-state index contributed by atoms with van der Waals surface area (Å²) in [5.41, 5.74) is 0. The molecule has 1 aliphatic heterocycles. The highest BCUT2D eigenvalue weighted by molar-refractivity contribution is 5.73. The Hall–Kier alpha value is -2.12. The van der Waals surface area contributed by atoms with Crippen molar-refractivity contribution in [3.05, 3.63) is 22.1 Å². The van der Waals surface area contributed by atoms with Crippen LogP contribution in [0.3, 0.4) is 0 Å². The molecule has 0 aromatic carbocycles. The van der Waals surface area contributed by atoms with E-state index in [1.165, 1.54) is 4.57 Å². The second-order valence-corrected chi connectivity index (χ2v) is 5.18. The van der Waals surface area contributed by atoms with E-state index in [9.17, 15) is 30.2 Å². The van der Waals surface area contributed by atoms with E-state index in [0.717, 1.165) is 6.20 Å². The van der Waals surface area contributed by atoms with Crippen LogP contribution in [0.25, 0.3) is 0 Å². The predicted octanol–water partition coefficient (Wildman–Crippen LogP) is -1.99. The molecule has 5 unspecified atom stereocenters. The number of carboxylic acids is 1. The van der Waals surface area contributed by atoms with Crippen LogP contribution in [0.5, 0.6) is 0 Å². The van der Waals surface area contributed by atoms with Crippen molar-refractivity contribution >= 4 is 11.8 Å². The van der Waals surface area contributed by atoms with Crippen LogP contribution < -0.4 is 0 Å². The molecule has 5 atom stereocenters. The molecule has 0 radical (unpaired) electrons. The van der Waals surface area contributed by atoms with Crippen LogP contribution in [0.1, 0.15) is 5.82 Å². The van der Waals surface area contributed by atoms with Gasteiger partial charge in [0.05, 0.1) is 6.61 Å². The molecule has 1 aromatic rings. The maximum atomic E-state index is 11.0. The zero-order chi connectivity index (χ0) is 18.0. The molecule has 12 nitrogen and oxygen atoms in total. The minimum Gasteiger partial charge on any atom is -0.479 e. The number of nitrogens with zero attached hydrogens (tertiary/aromatic N) is 3. The first kappa shape index (κ1) is 18.2. The molecular formula is C12H17N3O9. The molecule has 24 heavy (non-hydrogen) atoms.